The van der Waals surface area contributed by atoms with Crippen molar-refractivity contribution in [1.29, 1.82) is 0 Å². The van der Waals surface area contributed by atoms with E-state index in [4.69, 9.17) is 27.5 Å². The number of aryl methyl sites for hydroxylation is 2. The second-order valence-electron chi connectivity index (χ2n) is 8.87. The zero-order valence-corrected chi connectivity index (χ0v) is 26.9. The van der Waals surface area contributed by atoms with E-state index in [2.05, 4.69) is 5.32 Å². The van der Waals surface area contributed by atoms with Crippen molar-refractivity contribution in [3.8, 4) is 0 Å². The van der Waals surface area contributed by atoms with Gasteiger partial charge in [-0.15, -0.1) is 0 Å². The summed E-state index contributed by atoms with van der Waals surface area (Å²) in [5, 5.41) is 19.2. The Morgan fingerprint density at radius 1 is 0.659 bits per heavy atom. The molecule has 41 heavy (non-hydrogen) atoms. The summed E-state index contributed by atoms with van der Waals surface area (Å²) < 4.78 is 0. The quantitative estimate of drug-likeness (QED) is 0.121. The van der Waals surface area contributed by atoms with E-state index in [1.165, 1.54) is 5.56 Å². The van der Waals surface area contributed by atoms with Gasteiger partial charge in [-0.1, -0.05) is 73.5 Å². The van der Waals surface area contributed by atoms with Crippen molar-refractivity contribution in [2.24, 2.45) is 5.73 Å². The number of nitrogens with two attached hydrogens (primary N) is 1. The van der Waals surface area contributed by atoms with Crippen molar-refractivity contribution in [3.05, 3.63) is 71.8 Å². The topological polar surface area (TPSA) is 177 Å². The van der Waals surface area contributed by atoms with Gasteiger partial charge < -0.3 is 26.7 Å². The van der Waals surface area contributed by atoms with Crippen LogP contribution >= 0.6 is 11.6 Å². The standard InChI is InChI=1S/C15H21NO3.C9H9ClO.C6H13NO2.Na.H2O/c17-14(11-10-13-7-3-1-4-8-13)16-12-6-2-5-9-15(18)19;10-9(11)7-6-8-4-2-1-3-5-8;7-5-3-1-2-4-6(8)9;;/h1,3-4,7-8H,2,5-6,9-12H2,(H,16,17)(H,18,19);1-5H,6-7H2;1-5,7H2,(H,8,9);;1H2/q;;;+1;/p-1. The molecular weight excluding hydrogens is 559 g/mol. The predicted octanol–water partition coefficient (Wildman–Crippen LogP) is 2.18. The van der Waals surface area contributed by atoms with Crippen molar-refractivity contribution in [2.75, 3.05) is 13.1 Å². The Balaban J connectivity index is -0.000000563. The number of rotatable bonds is 17. The number of aliphatic carboxylic acids is 2. The fourth-order valence-electron chi connectivity index (χ4n) is 3.28. The summed E-state index contributed by atoms with van der Waals surface area (Å²) >= 11 is 5.19. The van der Waals surface area contributed by atoms with Crippen LogP contribution in [-0.4, -0.2) is 51.9 Å². The molecule has 0 heterocycles. The Bertz CT molecular complexity index is 935. The van der Waals surface area contributed by atoms with Gasteiger partial charge in [-0.05, 0) is 67.8 Å². The maximum absolute atomic E-state index is 11.6. The Kier molecular flexibility index (Phi) is 32.3. The smallest absolute Gasteiger partial charge is 0.870 e. The zero-order chi connectivity index (χ0) is 29.1. The third-order valence-corrected chi connectivity index (χ3v) is 5.61. The SMILES string of the molecule is NCCCCCC(=O)O.O=C(Cl)CCc1ccccc1.O=C(O)CCCCCNC(=O)CCc1ccccc1.[Na+].[OH-]. The number of benzene rings is 2. The van der Waals surface area contributed by atoms with Crippen LogP contribution in [0.2, 0.25) is 0 Å². The van der Waals surface area contributed by atoms with Crippen LogP contribution in [0.4, 0.5) is 0 Å². The van der Waals surface area contributed by atoms with Crippen LogP contribution in [0.3, 0.4) is 0 Å². The molecule has 0 atom stereocenters. The first kappa shape index (κ1) is 43.2. The molecule has 1 amide bonds. The Labute approximate surface area is 270 Å². The number of carbonyl (C=O) groups excluding carboxylic acids is 2. The summed E-state index contributed by atoms with van der Waals surface area (Å²) in [6.45, 7) is 1.30. The molecule has 6 N–H and O–H groups in total. The van der Waals surface area contributed by atoms with Crippen molar-refractivity contribution < 1.29 is 64.4 Å². The van der Waals surface area contributed by atoms with Crippen LogP contribution in [0.1, 0.15) is 75.3 Å². The number of nitrogens with one attached hydrogen (secondary N) is 1. The minimum atomic E-state index is -0.758. The van der Waals surface area contributed by atoms with E-state index in [1.807, 2.05) is 60.7 Å². The number of carbonyl (C=O) groups is 4. The fraction of sp³-hybridized carbons (Fsp3) is 0.467. The molecule has 0 saturated carbocycles. The van der Waals surface area contributed by atoms with E-state index < -0.39 is 11.9 Å². The molecule has 0 bridgehead atoms. The van der Waals surface area contributed by atoms with Gasteiger partial charge in [0.15, 0.2) is 0 Å². The summed E-state index contributed by atoms with van der Waals surface area (Å²) in [5.74, 6) is -1.42. The molecule has 2 aromatic carbocycles. The number of carboxylic acid groups (broad SMARTS) is 2. The second kappa shape index (κ2) is 30.7. The van der Waals surface area contributed by atoms with E-state index in [0.717, 1.165) is 50.5 Å². The second-order valence-corrected chi connectivity index (χ2v) is 9.30. The molecule has 2 rings (SSSR count). The molecular formula is C30H44ClN2NaO7. The molecule has 11 heteroatoms. The first-order valence-electron chi connectivity index (χ1n) is 13.4. The van der Waals surface area contributed by atoms with E-state index >= 15 is 0 Å². The third-order valence-electron chi connectivity index (χ3n) is 5.42. The number of unbranched alkanes of at least 4 members (excludes halogenated alkanes) is 4. The average Bonchev–Trinajstić information content (AvgIpc) is 2.92. The average molecular weight is 603 g/mol. The first-order chi connectivity index (χ1) is 18.7. The number of hydrogen-bond donors (Lipinski definition) is 4. The molecule has 0 saturated heterocycles. The summed E-state index contributed by atoms with van der Waals surface area (Å²) in [4.78, 5) is 42.2. The van der Waals surface area contributed by atoms with Crippen molar-refractivity contribution in [2.45, 2.75) is 77.0 Å². The van der Waals surface area contributed by atoms with Gasteiger partial charge >= 0.3 is 41.5 Å². The molecule has 0 spiro atoms. The predicted molar refractivity (Wildman–Crippen MR) is 157 cm³/mol. The van der Waals surface area contributed by atoms with Crippen LogP contribution in [0.25, 0.3) is 0 Å². The van der Waals surface area contributed by atoms with Gasteiger partial charge in [0, 0.05) is 32.2 Å². The van der Waals surface area contributed by atoms with Gasteiger partial charge in [0.05, 0.1) is 0 Å². The maximum Gasteiger partial charge on any atom is 1.00 e. The minimum Gasteiger partial charge on any atom is -0.870 e. The molecule has 0 aliphatic rings. The zero-order valence-electron chi connectivity index (χ0n) is 24.1. The number of carboxylic acids is 2. The molecule has 0 aliphatic carbocycles. The van der Waals surface area contributed by atoms with E-state index in [9.17, 15) is 19.2 Å². The Morgan fingerprint density at radius 2 is 1.10 bits per heavy atom. The van der Waals surface area contributed by atoms with E-state index in [-0.39, 0.29) is 59.0 Å². The first-order valence-corrected chi connectivity index (χ1v) is 13.8. The molecule has 9 nitrogen and oxygen atoms in total. The maximum atomic E-state index is 11.6. The molecule has 0 unspecified atom stereocenters. The summed E-state index contributed by atoms with van der Waals surface area (Å²) in [6, 6.07) is 19.7. The molecule has 0 fully saturated rings. The van der Waals surface area contributed by atoms with Gasteiger partial charge in [0.25, 0.3) is 0 Å². The molecule has 224 valence electrons. The third kappa shape index (κ3) is 32.1. The van der Waals surface area contributed by atoms with Crippen molar-refractivity contribution in [3.63, 3.8) is 0 Å². The monoisotopic (exact) mass is 602 g/mol. The Morgan fingerprint density at radius 3 is 1.51 bits per heavy atom. The van der Waals surface area contributed by atoms with Gasteiger partial charge in [-0.2, -0.15) is 0 Å². The van der Waals surface area contributed by atoms with Gasteiger partial charge in [-0.25, -0.2) is 0 Å². The largest absolute Gasteiger partial charge is 1.00 e. The van der Waals surface area contributed by atoms with Crippen LogP contribution < -0.4 is 40.6 Å². The van der Waals surface area contributed by atoms with Crippen LogP contribution in [0.15, 0.2) is 60.7 Å². The summed E-state index contributed by atoms with van der Waals surface area (Å²) in [7, 11) is 0. The summed E-state index contributed by atoms with van der Waals surface area (Å²) in [6.07, 6.45) is 7.88. The van der Waals surface area contributed by atoms with Crippen LogP contribution in [0, 0.1) is 0 Å². The van der Waals surface area contributed by atoms with Crippen molar-refractivity contribution in [1.82, 2.24) is 5.32 Å². The van der Waals surface area contributed by atoms with Gasteiger partial charge in [0.2, 0.25) is 11.1 Å². The number of halogens is 1. The normalized spacial score (nSPS) is 9.32. The van der Waals surface area contributed by atoms with E-state index in [0.29, 0.717) is 32.4 Å². The Hall–Kier alpha value is -2.27. The minimum absolute atomic E-state index is 0. The van der Waals surface area contributed by atoms with Crippen molar-refractivity contribution >= 4 is 34.7 Å². The van der Waals surface area contributed by atoms with Gasteiger partial charge in [-0.3, -0.25) is 19.2 Å². The van der Waals surface area contributed by atoms with Gasteiger partial charge in [0.1, 0.15) is 0 Å². The molecule has 0 radical (unpaired) electrons. The van der Waals surface area contributed by atoms with Crippen LogP contribution in [-0.2, 0) is 32.0 Å². The molecule has 0 aromatic heterocycles. The van der Waals surface area contributed by atoms with E-state index in [1.54, 1.807) is 0 Å². The fourth-order valence-corrected chi connectivity index (χ4v) is 3.38. The molecule has 2 aromatic rings. The number of amides is 1. The number of hydrogen-bond acceptors (Lipinski definition) is 6. The summed E-state index contributed by atoms with van der Waals surface area (Å²) in [5.41, 5.74) is 7.52. The van der Waals surface area contributed by atoms with Crippen LogP contribution in [0.5, 0.6) is 0 Å². The molecule has 0 aliphatic heterocycles.